The molecule has 0 saturated heterocycles. The molecular formula is C11H13ClN2O2. The summed E-state index contributed by atoms with van der Waals surface area (Å²) in [4.78, 5) is 11.7. The van der Waals surface area contributed by atoms with Gasteiger partial charge in [0.15, 0.2) is 0 Å². The summed E-state index contributed by atoms with van der Waals surface area (Å²) in [6, 6.07) is 4.85. The van der Waals surface area contributed by atoms with E-state index in [0.717, 1.165) is 0 Å². The Morgan fingerprint density at radius 2 is 2.19 bits per heavy atom. The van der Waals surface area contributed by atoms with E-state index in [2.05, 4.69) is 5.32 Å². The molecule has 0 bridgehead atoms. The first kappa shape index (κ1) is 11.2. The van der Waals surface area contributed by atoms with E-state index in [1.165, 1.54) is 0 Å². The number of nitrogens with one attached hydrogen (secondary N) is 1. The quantitative estimate of drug-likeness (QED) is 0.680. The molecule has 16 heavy (non-hydrogen) atoms. The van der Waals surface area contributed by atoms with Gasteiger partial charge in [-0.25, -0.2) is 0 Å². The molecule has 1 fully saturated rings. The predicted octanol–water partition coefficient (Wildman–Crippen LogP) is 1.18. The van der Waals surface area contributed by atoms with Gasteiger partial charge in [0.05, 0.1) is 16.8 Å². The van der Waals surface area contributed by atoms with Crippen LogP contribution in [0.4, 0.5) is 5.69 Å². The van der Waals surface area contributed by atoms with E-state index >= 15 is 0 Å². The van der Waals surface area contributed by atoms with Gasteiger partial charge in [0.2, 0.25) is 0 Å². The van der Waals surface area contributed by atoms with Crippen molar-refractivity contribution in [1.82, 2.24) is 5.32 Å². The Morgan fingerprint density at radius 1 is 1.50 bits per heavy atom. The summed E-state index contributed by atoms with van der Waals surface area (Å²) in [6.45, 7) is 0. The molecule has 0 radical (unpaired) electrons. The molecule has 5 heteroatoms. The molecule has 0 spiro atoms. The fourth-order valence-electron chi connectivity index (χ4n) is 1.64. The van der Waals surface area contributed by atoms with Crippen molar-refractivity contribution in [3.8, 4) is 0 Å². The Balaban J connectivity index is 2.01. The lowest BCUT2D eigenvalue weighted by Crippen LogP contribution is -2.46. The van der Waals surface area contributed by atoms with Crippen LogP contribution in [-0.2, 0) is 0 Å². The second kappa shape index (κ2) is 4.31. The topological polar surface area (TPSA) is 75.4 Å². The van der Waals surface area contributed by atoms with Crippen LogP contribution in [0.1, 0.15) is 23.2 Å². The third-order valence-electron chi connectivity index (χ3n) is 2.71. The number of nitrogens with two attached hydrogens (primary N) is 1. The number of carbonyl (C=O) groups excluding carboxylic acids is 1. The highest BCUT2D eigenvalue weighted by Crippen LogP contribution is 2.22. The van der Waals surface area contributed by atoms with Crippen LogP contribution in [0.5, 0.6) is 0 Å². The van der Waals surface area contributed by atoms with Crippen molar-refractivity contribution in [3.63, 3.8) is 0 Å². The SMILES string of the molecule is Nc1ccc(C(=O)NC2CC(O)C2)cc1Cl. The number of nitrogen functional groups attached to an aromatic ring is 1. The first-order valence-corrected chi connectivity index (χ1v) is 5.48. The van der Waals surface area contributed by atoms with Gasteiger partial charge in [0, 0.05) is 11.6 Å². The van der Waals surface area contributed by atoms with E-state index in [1.54, 1.807) is 18.2 Å². The smallest absolute Gasteiger partial charge is 0.251 e. The van der Waals surface area contributed by atoms with Crippen LogP contribution in [0.15, 0.2) is 18.2 Å². The fraction of sp³-hybridized carbons (Fsp3) is 0.364. The number of hydrogen-bond donors (Lipinski definition) is 3. The Hall–Kier alpha value is -1.26. The van der Waals surface area contributed by atoms with Gasteiger partial charge in [-0.05, 0) is 31.0 Å². The lowest BCUT2D eigenvalue weighted by Gasteiger charge is -2.31. The van der Waals surface area contributed by atoms with Crippen LogP contribution < -0.4 is 11.1 Å². The molecule has 4 nitrogen and oxygen atoms in total. The normalized spacial score (nSPS) is 23.6. The second-order valence-electron chi connectivity index (χ2n) is 4.03. The lowest BCUT2D eigenvalue weighted by atomic mass is 9.89. The molecule has 1 aliphatic carbocycles. The fourth-order valence-corrected chi connectivity index (χ4v) is 1.82. The molecule has 0 heterocycles. The van der Waals surface area contributed by atoms with Crippen molar-refractivity contribution < 1.29 is 9.90 Å². The molecule has 0 aromatic heterocycles. The minimum absolute atomic E-state index is 0.0684. The standard InChI is InChI=1S/C11H13ClN2O2/c12-9-3-6(1-2-10(9)13)11(16)14-7-4-8(15)5-7/h1-3,7-8,15H,4-5,13H2,(H,14,16). The minimum atomic E-state index is -0.277. The average Bonchev–Trinajstić information content (AvgIpc) is 2.19. The first-order chi connectivity index (χ1) is 7.56. The number of anilines is 1. The van der Waals surface area contributed by atoms with Crippen molar-refractivity contribution in [1.29, 1.82) is 0 Å². The number of carbonyl (C=O) groups is 1. The van der Waals surface area contributed by atoms with Crippen molar-refractivity contribution in [2.75, 3.05) is 5.73 Å². The van der Waals surface area contributed by atoms with Gasteiger partial charge in [0.1, 0.15) is 0 Å². The van der Waals surface area contributed by atoms with Gasteiger partial charge in [-0.1, -0.05) is 11.6 Å². The van der Waals surface area contributed by atoms with Gasteiger partial charge < -0.3 is 16.2 Å². The molecule has 1 saturated carbocycles. The summed E-state index contributed by atoms with van der Waals surface area (Å²) in [6.07, 6.45) is 0.961. The van der Waals surface area contributed by atoms with Crippen LogP contribution >= 0.6 is 11.6 Å². The Kier molecular flexibility index (Phi) is 3.03. The maximum Gasteiger partial charge on any atom is 0.251 e. The van der Waals surface area contributed by atoms with Crippen molar-refractivity contribution in [2.24, 2.45) is 0 Å². The van der Waals surface area contributed by atoms with Crippen LogP contribution in [0.25, 0.3) is 0 Å². The van der Waals surface area contributed by atoms with E-state index in [9.17, 15) is 4.79 Å². The molecule has 2 rings (SSSR count). The highest BCUT2D eigenvalue weighted by Gasteiger charge is 2.28. The number of aliphatic hydroxyl groups is 1. The average molecular weight is 241 g/mol. The summed E-state index contributed by atoms with van der Waals surface area (Å²) in [5.74, 6) is -0.182. The molecule has 1 aromatic rings. The zero-order valence-corrected chi connectivity index (χ0v) is 9.37. The van der Waals surface area contributed by atoms with Crippen LogP contribution in [0.2, 0.25) is 5.02 Å². The Morgan fingerprint density at radius 3 is 2.75 bits per heavy atom. The number of aliphatic hydroxyl groups excluding tert-OH is 1. The summed E-state index contributed by atoms with van der Waals surface area (Å²) in [5, 5.41) is 12.3. The molecule has 4 N–H and O–H groups in total. The molecule has 0 unspecified atom stereocenters. The van der Waals surface area contributed by atoms with E-state index < -0.39 is 0 Å². The summed E-state index contributed by atoms with van der Waals surface area (Å²) >= 11 is 5.82. The first-order valence-electron chi connectivity index (χ1n) is 5.10. The molecular weight excluding hydrogens is 228 g/mol. The number of halogens is 1. The summed E-state index contributed by atoms with van der Waals surface area (Å²) < 4.78 is 0. The highest BCUT2D eigenvalue weighted by molar-refractivity contribution is 6.33. The molecule has 1 amide bonds. The molecule has 0 atom stereocenters. The van der Waals surface area contributed by atoms with Gasteiger partial charge in [-0.3, -0.25) is 4.79 Å². The monoisotopic (exact) mass is 240 g/mol. The molecule has 1 aromatic carbocycles. The largest absolute Gasteiger partial charge is 0.398 e. The number of amides is 1. The van der Waals surface area contributed by atoms with E-state index in [1.807, 2.05) is 0 Å². The van der Waals surface area contributed by atoms with Crippen LogP contribution in [0.3, 0.4) is 0 Å². The van der Waals surface area contributed by atoms with Crippen LogP contribution in [-0.4, -0.2) is 23.2 Å². The van der Waals surface area contributed by atoms with Crippen molar-refractivity contribution >= 4 is 23.2 Å². The van der Waals surface area contributed by atoms with Crippen LogP contribution in [0, 0.1) is 0 Å². The van der Waals surface area contributed by atoms with E-state index in [0.29, 0.717) is 29.1 Å². The van der Waals surface area contributed by atoms with Gasteiger partial charge in [-0.2, -0.15) is 0 Å². The number of benzene rings is 1. The minimum Gasteiger partial charge on any atom is -0.398 e. The van der Waals surface area contributed by atoms with Gasteiger partial charge in [0.25, 0.3) is 5.91 Å². The third kappa shape index (κ3) is 2.28. The maximum absolute atomic E-state index is 11.7. The highest BCUT2D eigenvalue weighted by atomic mass is 35.5. The maximum atomic E-state index is 11.7. The molecule has 1 aliphatic rings. The zero-order chi connectivity index (χ0) is 11.7. The van der Waals surface area contributed by atoms with E-state index in [4.69, 9.17) is 22.4 Å². The Labute approximate surface area is 98.4 Å². The van der Waals surface area contributed by atoms with Gasteiger partial charge in [-0.15, -0.1) is 0 Å². The van der Waals surface area contributed by atoms with Crippen molar-refractivity contribution in [2.45, 2.75) is 25.0 Å². The van der Waals surface area contributed by atoms with E-state index in [-0.39, 0.29) is 18.1 Å². The summed E-state index contributed by atoms with van der Waals surface area (Å²) in [5.41, 5.74) is 6.49. The van der Waals surface area contributed by atoms with Gasteiger partial charge >= 0.3 is 0 Å². The second-order valence-corrected chi connectivity index (χ2v) is 4.44. The van der Waals surface area contributed by atoms with Crippen molar-refractivity contribution in [3.05, 3.63) is 28.8 Å². The predicted molar refractivity (Wildman–Crippen MR) is 62.4 cm³/mol. The third-order valence-corrected chi connectivity index (χ3v) is 3.04. The Bertz CT molecular complexity index is 416. The zero-order valence-electron chi connectivity index (χ0n) is 8.61. The lowest BCUT2D eigenvalue weighted by molar-refractivity contribution is 0.0563. The molecule has 0 aliphatic heterocycles. The number of rotatable bonds is 2. The summed E-state index contributed by atoms with van der Waals surface area (Å²) in [7, 11) is 0. The molecule has 86 valence electrons. The number of hydrogen-bond acceptors (Lipinski definition) is 3.